The van der Waals surface area contributed by atoms with Crippen molar-refractivity contribution in [2.75, 3.05) is 24.5 Å². The Labute approximate surface area is 135 Å². The average Bonchev–Trinajstić information content (AvgIpc) is 2.62. The molecule has 1 aromatic rings. The molecule has 0 aliphatic carbocycles. The van der Waals surface area contributed by atoms with Crippen molar-refractivity contribution in [2.24, 2.45) is 0 Å². The summed E-state index contributed by atoms with van der Waals surface area (Å²) >= 11 is 11.8. The molecule has 3 rings (SSSR count). The Morgan fingerprint density at radius 1 is 1.23 bits per heavy atom. The maximum Gasteiger partial charge on any atom is 0.356 e. The van der Waals surface area contributed by atoms with E-state index in [1.54, 1.807) is 11.0 Å². The van der Waals surface area contributed by atoms with Crippen LogP contribution in [0.3, 0.4) is 0 Å². The molecule has 0 saturated carbocycles. The highest BCUT2D eigenvalue weighted by atomic mass is 35.5. The number of carbonyl (C=O) groups excluding carboxylic acids is 2. The van der Waals surface area contributed by atoms with E-state index in [1.807, 2.05) is 0 Å². The molecule has 1 N–H and O–H groups in total. The first-order valence-corrected chi connectivity index (χ1v) is 7.19. The number of esters is 2. The van der Waals surface area contributed by atoms with E-state index >= 15 is 0 Å². The van der Waals surface area contributed by atoms with Crippen LogP contribution in [-0.2, 0) is 19.1 Å². The van der Waals surface area contributed by atoms with E-state index in [2.05, 4.69) is 10.3 Å². The van der Waals surface area contributed by atoms with Crippen LogP contribution in [0, 0.1) is 0 Å². The van der Waals surface area contributed by atoms with Crippen LogP contribution in [0.2, 0.25) is 10.2 Å². The molecule has 2 aliphatic heterocycles. The highest BCUT2D eigenvalue weighted by Crippen LogP contribution is 2.32. The zero-order chi connectivity index (χ0) is 15.7. The number of hydrogen-bond acceptors (Lipinski definition) is 7. The largest absolute Gasteiger partial charge is 0.399 e. The minimum absolute atomic E-state index is 0.117. The maximum atomic E-state index is 11.7. The Bertz CT molecular complexity index is 645. The molecular formula is C13H11Cl2N3O4. The predicted molar refractivity (Wildman–Crippen MR) is 78.5 cm³/mol. The van der Waals surface area contributed by atoms with Crippen LogP contribution in [0.1, 0.15) is 0 Å². The number of hydrogen-bond donors (Lipinski definition) is 1. The summed E-state index contributed by atoms with van der Waals surface area (Å²) in [5.41, 5.74) is 0.526. The fourth-order valence-corrected chi connectivity index (χ4v) is 2.57. The lowest BCUT2D eigenvalue weighted by Crippen LogP contribution is -2.65. The monoisotopic (exact) mass is 343 g/mol. The van der Waals surface area contributed by atoms with Gasteiger partial charge in [0.05, 0.1) is 23.5 Å². The normalized spacial score (nSPS) is 20.5. The van der Waals surface area contributed by atoms with Gasteiger partial charge in [0.1, 0.15) is 5.15 Å². The number of nitrogens with one attached hydrogen (secondary N) is 1. The molecule has 1 spiro atoms. The third kappa shape index (κ3) is 2.75. The molecule has 1 saturated heterocycles. The summed E-state index contributed by atoms with van der Waals surface area (Å²) in [6.45, 7) is 1.14. The second kappa shape index (κ2) is 5.75. The van der Waals surface area contributed by atoms with Crippen LogP contribution in [0.5, 0.6) is 0 Å². The number of nitrogens with zero attached hydrogens (tertiary/aromatic N) is 2. The summed E-state index contributed by atoms with van der Waals surface area (Å²) in [7, 11) is 0. The topological polar surface area (TPSA) is 80.8 Å². The van der Waals surface area contributed by atoms with Gasteiger partial charge in [0.15, 0.2) is 0 Å². The minimum Gasteiger partial charge on any atom is -0.399 e. The number of pyridine rings is 1. The SMILES string of the molecule is O=C1C=CC(=O)OC2(CNCCN2c2cnc(Cl)c(Cl)c2)O1. The Morgan fingerprint density at radius 2 is 1.91 bits per heavy atom. The second-order valence-electron chi connectivity index (χ2n) is 4.68. The Morgan fingerprint density at radius 3 is 2.55 bits per heavy atom. The van der Waals surface area contributed by atoms with E-state index in [-0.39, 0.29) is 16.7 Å². The van der Waals surface area contributed by atoms with Crippen LogP contribution in [-0.4, -0.2) is 42.5 Å². The van der Waals surface area contributed by atoms with Crippen molar-refractivity contribution in [3.05, 3.63) is 34.6 Å². The first-order valence-electron chi connectivity index (χ1n) is 6.44. The van der Waals surface area contributed by atoms with Gasteiger partial charge in [-0.15, -0.1) is 0 Å². The third-order valence-electron chi connectivity index (χ3n) is 3.24. The highest BCUT2D eigenvalue weighted by Gasteiger charge is 2.48. The van der Waals surface area contributed by atoms with Crippen LogP contribution in [0.25, 0.3) is 0 Å². The van der Waals surface area contributed by atoms with Gasteiger partial charge in [-0.25, -0.2) is 14.6 Å². The molecule has 2 aliphatic rings. The van der Waals surface area contributed by atoms with Crippen LogP contribution < -0.4 is 10.2 Å². The number of aromatic nitrogens is 1. The number of piperazine rings is 1. The molecule has 0 amide bonds. The predicted octanol–water partition coefficient (Wildman–Crippen LogP) is 1.11. The summed E-state index contributed by atoms with van der Waals surface area (Å²) in [6, 6.07) is 1.57. The molecule has 0 atom stereocenters. The van der Waals surface area contributed by atoms with E-state index in [1.165, 1.54) is 6.20 Å². The summed E-state index contributed by atoms with van der Waals surface area (Å²) in [4.78, 5) is 29.1. The highest BCUT2D eigenvalue weighted by molar-refractivity contribution is 6.41. The molecule has 116 valence electrons. The van der Waals surface area contributed by atoms with Gasteiger partial charge in [0.2, 0.25) is 0 Å². The molecule has 9 heteroatoms. The molecule has 1 aromatic heterocycles. The standard InChI is InChI=1S/C13H11Cl2N3O4/c14-9-5-8(6-17-12(9)15)18-4-3-16-7-13(18)21-10(19)1-2-11(20)22-13/h1-2,5-6,16H,3-4,7H2. The van der Waals surface area contributed by atoms with Crippen molar-refractivity contribution in [1.82, 2.24) is 10.3 Å². The lowest BCUT2D eigenvalue weighted by molar-refractivity contribution is -0.221. The van der Waals surface area contributed by atoms with Crippen molar-refractivity contribution in [3.8, 4) is 0 Å². The number of rotatable bonds is 1. The molecule has 1 fully saturated rings. The molecule has 0 radical (unpaired) electrons. The van der Waals surface area contributed by atoms with Crippen molar-refractivity contribution in [3.63, 3.8) is 0 Å². The van der Waals surface area contributed by atoms with Crippen LogP contribution in [0.4, 0.5) is 5.69 Å². The Balaban J connectivity index is 2.01. The van der Waals surface area contributed by atoms with Gasteiger partial charge in [-0.05, 0) is 6.07 Å². The summed E-state index contributed by atoms with van der Waals surface area (Å²) in [6.07, 6.45) is 3.52. The first kappa shape index (κ1) is 15.1. The van der Waals surface area contributed by atoms with E-state index in [4.69, 9.17) is 32.7 Å². The van der Waals surface area contributed by atoms with Gasteiger partial charge in [0, 0.05) is 25.2 Å². The lowest BCUT2D eigenvalue weighted by atomic mass is 10.2. The lowest BCUT2D eigenvalue weighted by Gasteiger charge is -2.44. The van der Waals surface area contributed by atoms with Crippen LogP contribution >= 0.6 is 23.2 Å². The average molecular weight is 344 g/mol. The third-order valence-corrected chi connectivity index (χ3v) is 3.93. The Hall–Kier alpha value is -1.83. The molecule has 0 bridgehead atoms. The minimum atomic E-state index is -1.59. The van der Waals surface area contributed by atoms with Crippen LogP contribution in [0.15, 0.2) is 24.4 Å². The molecule has 7 nitrogen and oxygen atoms in total. The van der Waals surface area contributed by atoms with Crippen molar-refractivity contribution < 1.29 is 19.1 Å². The van der Waals surface area contributed by atoms with E-state index in [0.29, 0.717) is 18.8 Å². The number of ether oxygens (including phenoxy) is 2. The summed E-state index contributed by atoms with van der Waals surface area (Å²) < 4.78 is 10.7. The zero-order valence-electron chi connectivity index (χ0n) is 11.2. The van der Waals surface area contributed by atoms with Gasteiger partial charge < -0.3 is 14.8 Å². The fraction of sp³-hybridized carbons (Fsp3) is 0.308. The quantitative estimate of drug-likeness (QED) is 0.604. The van der Waals surface area contributed by atoms with Crippen molar-refractivity contribution in [2.45, 2.75) is 5.91 Å². The van der Waals surface area contributed by atoms with Gasteiger partial charge in [-0.1, -0.05) is 23.2 Å². The van der Waals surface area contributed by atoms with E-state index in [0.717, 1.165) is 12.2 Å². The molecule has 0 unspecified atom stereocenters. The first-order chi connectivity index (χ1) is 10.5. The summed E-state index contributed by atoms with van der Waals surface area (Å²) in [5.74, 6) is -2.94. The molecule has 22 heavy (non-hydrogen) atoms. The van der Waals surface area contributed by atoms with Crippen molar-refractivity contribution >= 4 is 40.8 Å². The van der Waals surface area contributed by atoms with E-state index < -0.39 is 17.8 Å². The smallest absolute Gasteiger partial charge is 0.356 e. The van der Waals surface area contributed by atoms with Gasteiger partial charge in [0.25, 0.3) is 0 Å². The number of anilines is 1. The molecule has 0 aromatic carbocycles. The number of halogens is 2. The van der Waals surface area contributed by atoms with Gasteiger partial charge in [-0.3, -0.25) is 4.90 Å². The maximum absolute atomic E-state index is 11.7. The zero-order valence-corrected chi connectivity index (χ0v) is 12.7. The number of carbonyl (C=O) groups is 2. The van der Waals surface area contributed by atoms with Crippen molar-refractivity contribution in [1.29, 1.82) is 0 Å². The second-order valence-corrected chi connectivity index (χ2v) is 5.45. The molecule has 3 heterocycles. The Kier molecular flexibility index (Phi) is 3.94. The van der Waals surface area contributed by atoms with E-state index in [9.17, 15) is 9.59 Å². The van der Waals surface area contributed by atoms with Gasteiger partial charge in [-0.2, -0.15) is 0 Å². The van der Waals surface area contributed by atoms with Gasteiger partial charge >= 0.3 is 17.8 Å². The molecular weight excluding hydrogens is 333 g/mol. The summed E-state index contributed by atoms with van der Waals surface area (Å²) in [5, 5.41) is 3.44. The fourth-order valence-electron chi connectivity index (χ4n) is 2.31.